The van der Waals surface area contributed by atoms with Gasteiger partial charge >= 0.3 is 5.97 Å². The van der Waals surface area contributed by atoms with Gasteiger partial charge in [-0.25, -0.2) is 4.79 Å². The SMILES string of the molecule is COC(=O)C1NCC(C)c2ccc(C)cc21. The highest BCUT2D eigenvalue weighted by Gasteiger charge is 2.29. The van der Waals surface area contributed by atoms with Gasteiger partial charge in [0.2, 0.25) is 0 Å². The predicted octanol–water partition coefficient (Wildman–Crippen LogP) is 1.92. The summed E-state index contributed by atoms with van der Waals surface area (Å²) in [6, 6.07) is 5.97. The molecular formula is C13H17NO2. The third-order valence-electron chi connectivity index (χ3n) is 3.15. The Balaban J connectivity index is 2.45. The van der Waals surface area contributed by atoms with Crippen LogP contribution in [0.1, 0.15) is 35.6 Å². The van der Waals surface area contributed by atoms with Crippen LogP contribution >= 0.6 is 0 Å². The fraction of sp³-hybridized carbons (Fsp3) is 0.462. The van der Waals surface area contributed by atoms with E-state index in [-0.39, 0.29) is 12.0 Å². The minimum atomic E-state index is -0.309. The molecule has 0 aromatic heterocycles. The molecule has 0 fully saturated rings. The average Bonchev–Trinajstić information content (AvgIpc) is 2.28. The summed E-state index contributed by atoms with van der Waals surface area (Å²) in [6.07, 6.45) is 0. The summed E-state index contributed by atoms with van der Waals surface area (Å²) in [5.41, 5.74) is 3.48. The van der Waals surface area contributed by atoms with E-state index in [4.69, 9.17) is 4.74 Å². The standard InChI is InChI=1S/C13H17NO2/c1-8-4-5-10-9(2)7-14-12(11(10)6-8)13(15)16-3/h4-6,9,12,14H,7H2,1-3H3. The molecule has 1 aromatic rings. The van der Waals surface area contributed by atoms with E-state index in [2.05, 4.69) is 30.4 Å². The Labute approximate surface area is 95.8 Å². The van der Waals surface area contributed by atoms with Gasteiger partial charge in [0.25, 0.3) is 0 Å². The van der Waals surface area contributed by atoms with E-state index in [9.17, 15) is 4.79 Å². The quantitative estimate of drug-likeness (QED) is 0.733. The fourth-order valence-electron chi connectivity index (χ4n) is 2.24. The minimum absolute atomic E-state index is 0.209. The smallest absolute Gasteiger partial charge is 0.327 e. The molecule has 86 valence electrons. The molecule has 0 bridgehead atoms. The van der Waals surface area contributed by atoms with E-state index in [0.29, 0.717) is 5.92 Å². The molecule has 1 aromatic carbocycles. The Morgan fingerprint density at radius 2 is 2.19 bits per heavy atom. The van der Waals surface area contributed by atoms with Crippen LogP contribution in [0.2, 0.25) is 0 Å². The first-order chi connectivity index (χ1) is 7.63. The number of aryl methyl sites for hydroxylation is 1. The third-order valence-corrected chi connectivity index (χ3v) is 3.15. The molecule has 16 heavy (non-hydrogen) atoms. The number of carbonyl (C=O) groups is 1. The van der Waals surface area contributed by atoms with Crippen molar-refractivity contribution in [2.75, 3.05) is 13.7 Å². The molecule has 0 saturated heterocycles. The molecule has 2 atom stereocenters. The van der Waals surface area contributed by atoms with E-state index in [1.807, 2.05) is 6.92 Å². The molecule has 2 unspecified atom stereocenters. The molecule has 3 heteroatoms. The van der Waals surface area contributed by atoms with Gasteiger partial charge in [-0.1, -0.05) is 30.7 Å². The van der Waals surface area contributed by atoms with Gasteiger partial charge in [-0.3, -0.25) is 0 Å². The van der Waals surface area contributed by atoms with Gasteiger partial charge < -0.3 is 10.1 Å². The molecule has 0 saturated carbocycles. The molecule has 0 aliphatic carbocycles. The largest absolute Gasteiger partial charge is 0.468 e. The van der Waals surface area contributed by atoms with Crippen LogP contribution in [0.4, 0.5) is 0 Å². The van der Waals surface area contributed by atoms with Gasteiger partial charge in [0, 0.05) is 6.54 Å². The normalized spacial score (nSPS) is 23.7. The highest BCUT2D eigenvalue weighted by molar-refractivity contribution is 5.78. The Morgan fingerprint density at radius 1 is 1.44 bits per heavy atom. The Bertz CT molecular complexity index is 414. The van der Waals surface area contributed by atoms with Gasteiger partial charge in [-0.2, -0.15) is 0 Å². The summed E-state index contributed by atoms with van der Waals surface area (Å²) in [5, 5.41) is 3.23. The number of hydrogen-bond donors (Lipinski definition) is 1. The molecule has 0 radical (unpaired) electrons. The number of esters is 1. The Morgan fingerprint density at radius 3 is 2.88 bits per heavy atom. The number of carbonyl (C=O) groups excluding carboxylic acids is 1. The predicted molar refractivity (Wildman–Crippen MR) is 62.4 cm³/mol. The topological polar surface area (TPSA) is 38.3 Å². The van der Waals surface area contributed by atoms with Crippen LogP contribution in [0.15, 0.2) is 18.2 Å². The van der Waals surface area contributed by atoms with Gasteiger partial charge in [0.05, 0.1) is 7.11 Å². The minimum Gasteiger partial charge on any atom is -0.468 e. The summed E-state index contributed by atoms with van der Waals surface area (Å²) < 4.78 is 4.82. The number of rotatable bonds is 1. The molecule has 1 aliphatic rings. The number of fused-ring (bicyclic) bond motifs is 1. The Hall–Kier alpha value is -1.35. The van der Waals surface area contributed by atoms with Gasteiger partial charge in [-0.05, 0) is 24.0 Å². The second kappa shape index (κ2) is 4.26. The number of benzene rings is 1. The van der Waals surface area contributed by atoms with Crippen molar-refractivity contribution in [1.82, 2.24) is 5.32 Å². The highest BCUT2D eigenvalue weighted by atomic mass is 16.5. The molecular weight excluding hydrogens is 202 g/mol. The zero-order valence-electron chi connectivity index (χ0n) is 9.91. The van der Waals surface area contributed by atoms with E-state index < -0.39 is 0 Å². The fourth-order valence-corrected chi connectivity index (χ4v) is 2.24. The van der Waals surface area contributed by atoms with Gasteiger partial charge in [0.15, 0.2) is 0 Å². The first-order valence-electron chi connectivity index (χ1n) is 5.55. The van der Waals surface area contributed by atoms with Crippen molar-refractivity contribution < 1.29 is 9.53 Å². The van der Waals surface area contributed by atoms with Crippen LogP contribution < -0.4 is 5.32 Å². The molecule has 0 spiro atoms. The maximum absolute atomic E-state index is 11.7. The van der Waals surface area contributed by atoms with E-state index in [1.54, 1.807) is 0 Å². The maximum atomic E-state index is 11.7. The van der Waals surface area contributed by atoms with E-state index >= 15 is 0 Å². The first-order valence-corrected chi connectivity index (χ1v) is 5.55. The van der Waals surface area contributed by atoms with Crippen molar-refractivity contribution in [3.05, 3.63) is 34.9 Å². The van der Waals surface area contributed by atoms with Crippen molar-refractivity contribution in [3.8, 4) is 0 Å². The van der Waals surface area contributed by atoms with Crippen LogP contribution in [0.25, 0.3) is 0 Å². The average molecular weight is 219 g/mol. The number of methoxy groups -OCH3 is 1. The lowest BCUT2D eigenvalue weighted by Gasteiger charge is -2.29. The monoisotopic (exact) mass is 219 g/mol. The number of nitrogens with one attached hydrogen (secondary N) is 1. The van der Waals surface area contributed by atoms with Crippen molar-refractivity contribution >= 4 is 5.97 Å². The lowest BCUT2D eigenvalue weighted by molar-refractivity contribution is -0.143. The number of ether oxygens (including phenoxy) is 1. The molecule has 0 amide bonds. The van der Waals surface area contributed by atoms with Crippen LogP contribution in [-0.2, 0) is 9.53 Å². The summed E-state index contributed by atoms with van der Waals surface area (Å²) in [5.74, 6) is 0.232. The second-order valence-corrected chi connectivity index (χ2v) is 4.40. The lowest BCUT2D eigenvalue weighted by atomic mass is 9.86. The van der Waals surface area contributed by atoms with E-state index in [0.717, 1.165) is 12.1 Å². The Kier molecular flexibility index (Phi) is 2.97. The third kappa shape index (κ3) is 1.83. The lowest BCUT2D eigenvalue weighted by Crippen LogP contribution is -2.37. The van der Waals surface area contributed by atoms with Crippen molar-refractivity contribution in [1.29, 1.82) is 0 Å². The summed E-state index contributed by atoms with van der Waals surface area (Å²) in [6.45, 7) is 5.01. The molecule has 2 rings (SSSR count). The van der Waals surface area contributed by atoms with Gasteiger partial charge in [-0.15, -0.1) is 0 Å². The molecule has 1 aliphatic heterocycles. The zero-order valence-corrected chi connectivity index (χ0v) is 9.91. The maximum Gasteiger partial charge on any atom is 0.327 e. The summed E-state index contributed by atoms with van der Waals surface area (Å²) >= 11 is 0. The molecule has 1 N–H and O–H groups in total. The van der Waals surface area contributed by atoms with Gasteiger partial charge in [0.1, 0.15) is 6.04 Å². The number of hydrogen-bond acceptors (Lipinski definition) is 3. The van der Waals surface area contributed by atoms with Crippen LogP contribution in [0.5, 0.6) is 0 Å². The zero-order chi connectivity index (χ0) is 11.7. The summed E-state index contributed by atoms with van der Waals surface area (Å²) in [4.78, 5) is 11.7. The van der Waals surface area contributed by atoms with Crippen molar-refractivity contribution in [2.24, 2.45) is 0 Å². The van der Waals surface area contributed by atoms with Crippen molar-refractivity contribution in [2.45, 2.75) is 25.8 Å². The first kappa shape index (κ1) is 11.1. The summed E-state index contributed by atoms with van der Waals surface area (Å²) in [7, 11) is 1.43. The van der Waals surface area contributed by atoms with Crippen LogP contribution in [0.3, 0.4) is 0 Å². The molecule has 3 nitrogen and oxygen atoms in total. The van der Waals surface area contributed by atoms with Crippen molar-refractivity contribution in [3.63, 3.8) is 0 Å². The van der Waals surface area contributed by atoms with E-state index in [1.165, 1.54) is 18.2 Å². The highest BCUT2D eigenvalue weighted by Crippen LogP contribution is 2.31. The van der Waals surface area contributed by atoms with Crippen LogP contribution in [-0.4, -0.2) is 19.6 Å². The molecule has 1 heterocycles. The second-order valence-electron chi connectivity index (χ2n) is 4.40. The van der Waals surface area contributed by atoms with Crippen LogP contribution in [0, 0.1) is 6.92 Å².